The van der Waals surface area contributed by atoms with E-state index in [0.717, 1.165) is 11.1 Å². The summed E-state index contributed by atoms with van der Waals surface area (Å²) in [5.41, 5.74) is 2.88. The minimum absolute atomic E-state index is 0.00820. The molecule has 3 rings (SSSR count). The lowest BCUT2D eigenvalue weighted by molar-refractivity contribution is 0.104. The lowest BCUT2D eigenvalue weighted by Crippen LogP contribution is -1.95. The van der Waals surface area contributed by atoms with Crippen molar-refractivity contribution in [3.63, 3.8) is 0 Å². The Labute approximate surface area is 105 Å². The monoisotopic (exact) mass is 238 g/mol. The fraction of sp³-hybridized carbons (Fsp3) is 0.0625. The predicted molar refractivity (Wildman–Crippen MR) is 68.9 cm³/mol. The lowest BCUT2D eigenvalue weighted by atomic mass is 10.1. The van der Waals surface area contributed by atoms with Crippen molar-refractivity contribution in [2.24, 2.45) is 0 Å². The lowest BCUT2D eigenvalue weighted by Gasteiger charge is -1.98. The minimum atomic E-state index is -0.297. The van der Waals surface area contributed by atoms with E-state index in [2.05, 4.69) is 0 Å². The number of allylic oxidation sites excluding steroid dienone is 1. The first kappa shape index (κ1) is 10.9. The zero-order chi connectivity index (χ0) is 12.5. The molecule has 2 aromatic rings. The smallest absolute Gasteiger partial charge is 0.189 e. The number of hydrogen-bond acceptors (Lipinski definition) is 1. The Morgan fingerprint density at radius 2 is 1.72 bits per heavy atom. The summed E-state index contributed by atoms with van der Waals surface area (Å²) >= 11 is 0. The number of benzene rings is 2. The van der Waals surface area contributed by atoms with Gasteiger partial charge in [-0.1, -0.05) is 42.5 Å². The third-order valence-corrected chi connectivity index (χ3v) is 3.17. The van der Waals surface area contributed by atoms with Crippen LogP contribution in [0.25, 0.3) is 6.08 Å². The predicted octanol–water partition coefficient (Wildman–Crippen LogP) is 3.65. The van der Waals surface area contributed by atoms with Gasteiger partial charge in [0.25, 0.3) is 0 Å². The summed E-state index contributed by atoms with van der Waals surface area (Å²) in [6, 6.07) is 14.0. The van der Waals surface area contributed by atoms with Gasteiger partial charge in [-0.05, 0) is 17.7 Å². The summed E-state index contributed by atoms with van der Waals surface area (Å²) in [5, 5.41) is 0. The molecule has 0 bridgehead atoms. The molecule has 88 valence electrons. The number of rotatable bonds is 1. The molecule has 2 aromatic carbocycles. The number of carbonyl (C=O) groups excluding carboxylic acids is 1. The van der Waals surface area contributed by atoms with Gasteiger partial charge in [-0.3, -0.25) is 4.79 Å². The van der Waals surface area contributed by atoms with Crippen molar-refractivity contribution in [3.05, 3.63) is 76.6 Å². The van der Waals surface area contributed by atoms with Gasteiger partial charge < -0.3 is 0 Å². The van der Waals surface area contributed by atoms with E-state index in [1.165, 1.54) is 6.07 Å². The molecule has 0 saturated carbocycles. The Hall–Kier alpha value is -2.22. The molecule has 1 nitrogen and oxygen atoms in total. The van der Waals surface area contributed by atoms with Gasteiger partial charge in [-0.25, -0.2) is 4.39 Å². The summed E-state index contributed by atoms with van der Waals surface area (Å²) in [4.78, 5) is 12.1. The van der Waals surface area contributed by atoms with Crippen LogP contribution in [-0.2, 0) is 6.42 Å². The fourth-order valence-electron chi connectivity index (χ4n) is 2.25. The molecule has 0 fully saturated rings. The van der Waals surface area contributed by atoms with Crippen molar-refractivity contribution in [1.82, 2.24) is 0 Å². The molecule has 0 atom stereocenters. The van der Waals surface area contributed by atoms with E-state index in [1.54, 1.807) is 24.3 Å². The second kappa shape index (κ2) is 4.22. The van der Waals surface area contributed by atoms with E-state index in [0.29, 0.717) is 17.6 Å². The molecule has 0 heterocycles. The molecule has 0 radical (unpaired) electrons. The molecule has 1 aliphatic rings. The number of carbonyl (C=O) groups is 1. The van der Waals surface area contributed by atoms with Crippen LogP contribution in [0.1, 0.15) is 21.5 Å². The average Bonchev–Trinajstić information content (AvgIpc) is 2.70. The van der Waals surface area contributed by atoms with Gasteiger partial charge in [0.2, 0.25) is 0 Å². The zero-order valence-corrected chi connectivity index (χ0v) is 9.69. The highest BCUT2D eigenvalue weighted by molar-refractivity contribution is 6.15. The first-order chi connectivity index (χ1) is 8.75. The number of ketones is 1. The molecule has 18 heavy (non-hydrogen) atoms. The van der Waals surface area contributed by atoms with Gasteiger partial charge in [-0.2, -0.15) is 0 Å². The quantitative estimate of drug-likeness (QED) is 0.693. The summed E-state index contributed by atoms with van der Waals surface area (Å²) in [6.07, 6.45) is 2.24. The van der Waals surface area contributed by atoms with E-state index in [4.69, 9.17) is 0 Å². The van der Waals surface area contributed by atoms with Crippen LogP contribution in [-0.4, -0.2) is 5.78 Å². The number of halogens is 1. The van der Waals surface area contributed by atoms with E-state index < -0.39 is 0 Å². The molecular weight excluding hydrogens is 227 g/mol. The van der Waals surface area contributed by atoms with Crippen LogP contribution in [0.5, 0.6) is 0 Å². The molecule has 0 aromatic heterocycles. The maximum Gasteiger partial charge on any atom is 0.189 e. The van der Waals surface area contributed by atoms with E-state index in [-0.39, 0.29) is 11.6 Å². The molecule has 0 unspecified atom stereocenters. The van der Waals surface area contributed by atoms with Gasteiger partial charge in [0.1, 0.15) is 5.82 Å². The Bertz CT molecular complexity index is 656. The summed E-state index contributed by atoms with van der Waals surface area (Å²) in [5.74, 6) is -0.289. The van der Waals surface area contributed by atoms with Crippen molar-refractivity contribution in [3.8, 4) is 0 Å². The second-order valence-corrected chi connectivity index (χ2v) is 4.35. The minimum Gasteiger partial charge on any atom is -0.289 e. The van der Waals surface area contributed by atoms with Crippen LogP contribution in [0.15, 0.2) is 54.1 Å². The SMILES string of the molecule is O=C1/C(=C/c2ccccc2F)Cc2ccccc21. The Balaban J connectivity index is 2.02. The van der Waals surface area contributed by atoms with Gasteiger partial charge >= 0.3 is 0 Å². The molecule has 2 heteroatoms. The average molecular weight is 238 g/mol. The highest BCUT2D eigenvalue weighted by atomic mass is 19.1. The first-order valence-corrected chi connectivity index (χ1v) is 5.83. The van der Waals surface area contributed by atoms with Crippen LogP contribution in [0.2, 0.25) is 0 Å². The molecule has 0 amide bonds. The highest BCUT2D eigenvalue weighted by Crippen LogP contribution is 2.27. The molecule has 0 saturated heterocycles. The van der Waals surface area contributed by atoms with Crippen molar-refractivity contribution < 1.29 is 9.18 Å². The van der Waals surface area contributed by atoms with Gasteiger partial charge in [0.05, 0.1) is 0 Å². The Kier molecular flexibility index (Phi) is 2.56. The highest BCUT2D eigenvalue weighted by Gasteiger charge is 2.24. The third-order valence-electron chi connectivity index (χ3n) is 3.17. The molecule has 0 aliphatic heterocycles. The Morgan fingerprint density at radius 3 is 2.50 bits per heavy atom. The van der Waals surface area contributed by atoms with E-state index in [1.807, 2.05) is 24.3 Å². The largest absolute Gasteiger partial charge is 0.289 e. The van der Waals surface area contributed by atoms with Gasteiger partial charge in [0.15, 0.2) is 5.78 Å². The zero-order valence-electron chi connectivity index (χ0n) is 9.69. The maximum absolute atomic E-state index is 13.5. The molecular formula is C16H11FO. The fourth-order valence-corrected chi connectivity index (χ4v) is 2.25. The number of hydrogen-bond donors (Lipinski definition) is 0. The van der Waals surface area contributed by atoms with Crippen LogP contribution in [0.3, 0.4) is 0 Å². The standard InChI is InChI=1S/C16H11FO/c17-15-8-4-2-6-12(15)10-13-9-11-5-1-3-7-14(11)16(13)18/h1-8,10H,9H2/b13-10+. The van der Waals surface area contributed by atoms with Crippen molar-refractivity contribution in [1.29, 1.82) is 0 Å². The Morgan fingerprint density at radius 1 is 1.00 bits per heavy atom. The first-order valence-electron chi connectivity index (χ1n) is 5.83. The maximum atomic E-state index is 13.5. The van der Waals surface area contributed by atoms with Crippen LogP contribution in [0, 0.1) is 5.82 Å². The molecule has 0 N–H and O–H groups in total. The van der Waals surface area contributed by atoms with Crippen molar-refractivity contribution >= 4 is 11.9 Å². The summed E-state index contributed by atoms with van der Waals surface area (Å²) in [7, 11) is 0. The second-order valence-electron chi connectivity index (χ2n) is 4.35. The van der Waals surface area contributed by atoms with Crippen LogP contribution in [0.4, 0.5) is 4.39 Å². The summed E-state index contributed by atoms with van der Waals surface area (Å²) in [6.45, 7) is 0. The van der Waals surface area contributed by atoms with E-state index >= 15 is 0 Å². The van der Waals surface area contributed by atoms with Crippen molar-refractivity contribution in [2.75, 3.05) is 0 Å². The topological polar surface area (TPSA) is 17.1 Å². The normalized spacial score (nSPS) is 16.1. The molecule has 0 spiro atoms. The molecule has 1 aliphatic carbocycles. The van der Waals surface area contributed by atoms with Gasteiger partial charge in [0, 0.05) is 23.1 Å². The van der Waals surface area contributed by atoms with E-state index in [9.17, 15) is 9.18 Å². The van der Waals surface area contributed by atoms with Crippen LogP contribution >= 0.6 is 0 Å². The van der Waals surface area contributed by atoms with Crippen LogP contribution < -0.4 is 0 Å². The number of fused-ring (bicyclic) bond motifs is 1. The third kappa shape index (κ3) is 1.76. The van der Waals surface area contributed by atoms with Crippen molar-refractivity contribution in [2.45, 2.75) is 6.42 Å². The van der Waals surface area contributed by atoms with Gasteiger partial charge in [-0.15, -0.1) is 0 Å². The number of Topliss-reactive ketones (excluding diaryl/α,β-unsaturated/α-hetero) is 1. The summed E-state index contributed by atoms with van der Waals surface area (Å²) < 4.78 is 13.5.